The largest absolute Gasteiger partial charge is 0.391 e. The van der Waals surface area contributed by atoms with E-state index in [1.165, 1.54) is 0 Å². The van der Waals surface area contributed by atoms with E-state index in [-0.39, 0.29) is 25.7 Å². The van der Waals surface area contributed by atoms with Crippen LogP contribution in [0.5, 0.6) is 0 Å². The van der Waals surface area contributed by atoms with Gasteiger partial charge in [0.05, 0.1) is 31.7 Å². The molecule has 0 aliphatic heterocycles. The average molecular weight is 226 g/mol. The summed E-state index contributed by atoms with van der Waals surface area (Å²) in [5.74, 6) is 0. The van der Waals surface area contributed by atoms with Crippen LogP contribution >= 0.6 is 0 Å². The highest BCUT2D eigenvalue weighted by molar-refractivity contribution is 7.85. The van der Waals surface area contributed by atoms with Crippen molar-refractivity contribution >= 4 is 10.1 Å². The van der Waals surface area contributed by atoms with E-state index in [0.717, 1.165) is 6.26 Å². The van der Waals surface area contributed by atoms with E-state index in [1.807, 2.05) is 13.8 Å². The Bertz CT molecular complexity index is 234. The van der Waals surface area contributed by atoms with Gasteiger partial charge in [0, 0.05) is 6.42 Å². The van der Waals surface area contributed by atoms with Crippen LogP contribution < -0.4 is 0 Å². The summed E-state index contributed by atoms with van der Waals surface area (Å²) in [7, 11) is -3.40. The molecule has 0 aromatic rings. The van der Waals surface area contributed by atoms with E-state index < -0.39 is 16.2 Å². The Hall–Kier alpha value is -0.170. The first-order valence-electron chi connectivity index (χ1n) is 4.45. The molecule has 1 N–H and O–H groups in total. The minimum atomic E-state index is -3.40. The summed E-state index contributed by atoms with van der Waals surface area (Å²) in [6, 6.07) is 0. The van der Waals surface area contributed by atoms with Gasteiger partial charge in [-0.25, -0.2) is 0 Å². The molecule has 5 nitrogen and oxygen atoms in total. The third kappa shape index (κ3) is 9.91. The number of ether oxygens (including phenoxy) is 1. The van der Waals surface area contributed by atoms with Crippen LogP contribution in [0.15, 0.2) is 0 Å². The van der Waals surface area contributed by atoms with Gasteiger partial charge in [-0.3, -0.25) is 4.18 Å². The van der Waals surface area contributed by atoms with Gasteiger partial charge >= 0.3 is 0 Å². The summed E-state index contributed by atoms with van der Waals surface area (Å²) < 4.78 is 30.7. The summed E-state index contributed by atoms with van der Waals surface area (Å²) in [4.78, 5) is 0. The van der Waals surface area contributed by atoms with Crippen molar-refractivity contribution in [3.05, 3.63) is 0 Å². The quantitative estimate of drug-likeness (QED) is 0.625. The van der Waals surface area contributed by atoms with Crippen molar-refractivity contribution < 1.29 is 22.4 Å². The lowest BCUT2D eigenvalue weighted by molar-refractivity contribution is -0.00160. The summed E-state index contributed by atoms with van der Waals surface area (Å²) in [6.45, 7) is 3.91. The summed E-state index contributed by atoms with van der Waals surface area (Å²) >= 11 is 0. The van der Waals surface area contributed by atoms with Crippen LogP contribution in [0.1, 0.15) is 20.3 Å². The number of hydrogen-bond donors (Lipinski definition) is 1. The standard InChI is InChI=1S/C8H18O5S/c1-7(2)12-6-8(9)4-5-13-14(3,10)11/h7-9H,4-6H2,1-3H3. The van der Waals surface area contributed by atoms with Gasteiger partial charge in [0.15, 0.2) is 0 Å². The molecular formula is C8H18O5S. The van der Waals surface area contributed by atoms with Crippen molar-refractivity contribution in [3.8, 4) is 0 Å². The first-order valence-corrected chi connectivity index (χ1v) is 6.27. The fourth-order valence-corrected chi connectivity index (χ4v) is 1.12. The SMILES string of the molecule is CC(C)OCC(O)CCOS(C)(=O)=O. The van der Waals surface area contributed by atoms with Crippen molar-refractivity contribution in [2.75, 3.05) is 19.5 Å². The molecular weight excluding hydrogens is 208 g/mol. The number of hydrogen-bond acceptors (Lipinski definition) is 5. The van der Waals surface area contributed by atoms with Gasteiger partial charge < -0.3 is 9.84 Å². The van der Waals surface area contributed by atoms with Gasteiger partial charge in [-0.15, -0.1) is 0 Å². The van der Waals surface area contributed by atoms with Gasteiger partial charge in [0.25, 0.3) is 10.1 Å². The lowest BCUT2D eigenvalue weighted by Crippen LogP contribution is -2.20. The molecule has 0 saturated carbocycles. The molecule has 0 spiro atoms. The Balaban J connectivity index is 3.50. The van der Waals surface area contributed by atoms with Gasteiger partial charge in [0.1, 0.15) is 0 Å². The fraction of sp³-hybridized carbons (Fsp3) is 1.00. The third-order valence-electron chi connectivity index (χ3n) is 1.37. The number of aliphatic hydroxyl groups excluding tert-OH is 1. The predicted octanol–water partition coefficient (Wildman–Crippen LogP) is 0.139. The molecule has 0 heterocycles. The predicted molar refractivity (Wildman–Crippen MR) is 52.5 cm³/mol. The molecule has 0 aromatic heterocycles. The minimum Gasteiger partial charge on any atom is -0.391 e. The Morgan fingerprint density at radius 2 is 1.93 bits per heavy atom. The normalized spacial score (nSPS) is 14.6. The molecule has 0 bridgehead atoms. The Kier molecular flexibility index (Phi) is 6.26. The molecule has 0 aromatic carbocycles. The summed E-state index contributed by atoms with van der Waals surface area (Å²) in [5, 5.41) is 9.30. The van der Waals surface area contributed by atoms with Crippen LogP contribution in [0.25, 0.3) is 0 Å². The maximum Gasteiger partial charge on any atom is 0.264 e. The maximum atomic E-state index is 10.5. The van der Waals surface area contributed by atoms with Crippen molar-refractivity contribution in [1.29, 1.82) is 0 Å². The van der Waals surface area contributed by atoms with Crippen LogP contribution in [0, 0.1) is 0 Å². The molecule has 0 radical (unpaired) electrons. The second-order valence-electron chi connectivity index (χ2n) is 3.35. The van der Waals surface area contributed by atoms with Crippen molar-refractivity contribution in [2.45, 2.75) is 32.5 Å². The Morgan fingerprint density at radius 3 is 2.36 bits per heavy atom. The average Bonchev–Trinajstić information content (AvgIpc) is 1.98. The van der Waals surface area contributed by atoms with Crippen molar-refractivity contribution in [1.82, 2.24) is 0 Å². The van der Waals surface area contributed by atoms with Gasteiger partial charge in [-0.05, 0) is 13.8 Å². The first-order chi connectivity index (χ1) is 6.31. The smallest absolute Gasteiger partial charge is 0.264 e. The zero-order chi connectivity index (χ0) is 11.2. The highest BCUT2D eigenvalue weighted by Gasteiger charge is 2.08. The molecule has 14 heavy (non-hydrogen) atoms. The van der Waals surface area contributed by atoms with E-state index in [4.69, 9.17) is 4.74 Å². The van der Waals surface area contributed by atoms with Crippen molar-refractivity contribution in [3.63, 3.8) is 0 Å². The van der Waals surface area contributed by atoms with E-state index in [9.17, 15) is 13.5 Å². The molecule has 1 atom stereocenters. The highest BCUT2D eigenvalue weighted by Crippen LogP contribution is 1.98. The molecule has 0 aliphatic rings. The highest BCUT2D eigenvalue weighted by atomic mass is 32.2. The number of rotatable bonds is 7. The monoisotopic (exact) mass is 226 g/mol. The van der Waals surface area contributed by atoms with Crippen molar-refractivity contribution in [2.24, 2.45) is 0 Å². The molecule has 1 unspecified atom stereocenters. The molecule has 6 heteroatoms. The first kappa shape index (κ1) is 13.8. The van der Waals surface area contributed by atoms with Crippen LogP contribution in [0.4, 0.5) is 0 Å². The fourth-order valence-electron chi connectivity index (χ4n) is 0.722. The van der Waals surface area contributed by atoms with Crippen LogP contribution in [-0.2, 0) is 19.0 Å². The molecule has 0 amide bonds. The topological polar surface area (TPSA) is 72.8 Å². The lowest BCUT2D eigenvalue weighted by atomic mass is 10.3. The van der Waals surface area contributed by atoms with E-state index in [1.54, 1.807) is 0 Å². The zero-order valence-electron chi connectivity index (χ0n) is 8.76. The van der Waals surface area contributed by atoms with Crippen LogP contribution in [0.3, 0.4) is 0 Å². The second kappa shape index (κ2) is 6.34. The second-order valence-corrected chi connectivity index (χ2v) is 4.99. The van der Waals surface area contributed by atoms with Gasteiger partial charge in [0.2, 0.25) is 0 Å². The summed E-state index contributed by atoms with van der Waals surface area (Å²) in [5.41, 5.74) is 0. The minimum absolute atomic E-state index is 0.0124. The van der Waals surface area contributed by atoms with Crippen LogP contribution in [0.2, 0.25) is 0 Å². The summed E-state index contributed by atoms with van der Waals surface area (Å²) in [6.07, 6.45) is 0.601. The molecule has 0 fully saturated rings. The third-order valence-corrected chi connectivity index (χ3v) is 1.97. The molecule has 0 aliphatic carbocycles. The van der Waals surface area contributed by atoms with E-state index in [0.29, 0.717) is 0 Å². The lowest BCUT2D eigenvalue weighted by Gasteiger charge is -2.12. The maximum absolute atomic E-state index is 10.5. The van der Waals surface area contributed by atoms with Gasteiger partial charge in [-0.1, -0.05) is 0 Å². The molecule has 86 valence electrons. The number of aliphatic hydroxyl groups is 1. The van der Waals surface area contributed by atoms with E-state index >= 15 is 0 Å². The molecule has 0 saturated heterocycles. The zero-order valence-corrected chi connectivity index (χ0v) is 9.58. The Labute approximate surface area is 85.1 Å². The van der Waals surface area contributed by atoms with E-state index in [2.05, 4.69) is 4.18 Å². The molecule has 0 rings (SSSR count). The van der Waals surface area contributed by atoms with Gasteiger partial charge in [-0.2, -0.15) is 8.42 Å². The van der Waals surface area contributed by atoms with Crippen LogP contribution in [-0.4, -0.2) is 45.2 Å². The Morgan fingerprint density at radius 1 is 1.36 bits per heavy atom.